The smallest absolute Gasteiger partial charge is 0.258 e. The predicted octanol–water partition coefficient (Wildman–Crippen LogP) is 2.14. The van der Waals surface area contributed by atoms with Gasteiger partial charge in [-0.05, 0) is 37.5 Å². The number of halogens is 1. The van der Waals surface area contributed by atoms with E-state index in [1.54, 1.807) is 18.2 Å². The number of rotatable bonds is 6. The molecule has 0 bridgehead atoms. The number of hydrogen-bond acceptors (Lipinski definition) is 5. The van der Waals surface area contributed by atoms with E-state index < -0.39 is 0 Å². The highest BCUT2D eigenvalue weighted by molar-refractivity contribution is 6.35. The Labute approximate surface area is 138 Å². The SMILES string of the molecule is O=C1NCN=C2Oc3c(ccc(OCCCCCO)c3Cl)C=C12. The normalized spacial score (nSPS) is 15.7. The van der Waals surface area contributed by atoms with Gasteiger partial charge in [0.2, 0.25) is 5.90 Å². The van der Waals surface area contributed by atoms with E-state index in [0.717, 1.165) is 19.3 Å². The molecule has 0 aromatic heterocycles. The van der Waals surface area contributed by atoms with E-state index in [1.807, 2.05) is 0 Å². The van der Waals surface area contributed by atoms with Gasteiger partial charge in [-0.2, -0.15) is 0 Å². The van der Waals surface area contributed by atoms with Crippen LogP contribution in [-0.2, 0) is 4.79 Å². The molecule has 0 saturated heterocycles. The quantitative estimate of drug-likeness (QED) is 0.780. The van der Waals surface area contributed by atoms with E-state index in [2.05, 4.69) is 10.3 Å². The number of aliphatic imine (C=N–C) groups is 1. The van der Waals surface area contributed by atoms with E-state index in [9.17, 15) is 4.79 Å². The van der Waals surface area contributed by atoms with Gasteiger partial charge >= 0.3 is 0 Å². The van der Waals surface area contributed by atoms with Crippen LogP contribution in [-0.4, -0.2) is 36.8 Å². The van der Waals surface area contributed by atoms with Gasteiger partial charge in [-0.1, -0.05) is 11.6 Å². The van der Waals surface area contributed by atoms with Crippen LogP contribution in [0.25, 0.3) is 6.08 Å². The zero-order valence-corrected chi connectivity index (χ0v) is 13.2. The Morgan fingerprint density at radius 2 is 2.22 bits per heavy atom. The van der Waals surface area contributed by atoms with Crippen molar-refractivity contribution in [2.75, 3.05) is 19.9 Å². The molecule has 0 fully saturated rings. The van der Waals surface area contributed by atoms with Crippen molar-refractivity contribution < 1.29 is 19.4 Å². The molecule has 1 amide bonds. The van der Waals surface area contributed by atoms with Crippen LogP contribution in [0, 0.1) is 0 Å². The van der Waals surface area contributed by atoms with Crippen molar-refractivity contribution in [1.29, 1.82) is 0 Å². The maximum Gasteiger partial charge on any atom is 0.258 e. The number of aliphatic hydroxyl groups is 1. The fraction of sp³-hybridized carbons (Fsp3) is 0.375. The first-order chi connectivity index (χ1) is 11.2. The molecule has 7 heteroatoms. The van der Waals surface area contributed by atoms with Gasteiger partial charge in [-0.3, -0.25) is 4.79 Å². The molecule has 1 aromatic rings. The minimum Gasteiger partial charge on any atom is -0.492 e. The van der Waals surface area contributed by atoms with Crippen LogP contribution in [0.3, 0.4) is 0 Å². The van der Waals surface area contributed by atoms with Gasteiger partial charge < -0.3 is 19.9 Å². The lowest BCUT2D eigenvalue weighted by atomic mass is 10.1. The minimum absolute atomic E-state index is 0.192. The lowest BCUT2D eigenvalue weighted by Gasteiger charge is -2.23. The van der Waals surface area contributed by atoms with Crippen LogP contribution in [0.4, 0.5) is 0 Å². The molecule has 6 nitrogen and oxygen atoms in total. The third kappa shape index (κ3) is 3.33. The molecule has 122 valence electrons. The molecule has 2 aliphatic heterocycles. The Morgan fingerprint density at radius 3 is 3.04 bits per heavy atom. The van der Waals surface area contributed by atoms with Crippen molar-refractivity contribution in [3.05, 3.63) is 28.3 Å². The molecule has 0 unspecified atom stereocenters. The van der Waals surface area contributed by atoms with Gasteiger partial charge in [0.05, 0.1) is 6.61 Å². The number of hydrogen-bond donors (Lipinski definition) is 2. The van der Waals surface area contributed by atoms with E-state index >= 15 is 0 Å². The minimum atomic E-state index is -0.207. The van der Waals surface area contributed by atoms with Gasteiger partial charge in [-0.25, -0.2) is 4.99 Å². The molecule has 3 rings (SSSR count). The summed E-state index contributed by atoms with van der Waals surface area (Å²) in [6, 6.07) is 3.56. The van der Waals surface area contributed by atoms with Crippen LogP contribution >= 0.6 is 11.6 Å². The predicted molar refractivity (Wildman–Crippen MR) is 86.9 cm³/mol. The lowest BCUT2D eigenvalue weighted by molar-refractivity contribution is -0.117. The molecule has 23 heavy (non-hydrogen) atoms. The number of unbranched alkanes of at least 4 members (excludes halogenated alkanes) is 2. The molecular formula is C16H17ClN2O4. The van der Waals surface area contributed by atoms with Gasteiger partial charge in [0.15, 0.2) is 5.75 Å². The molecule has 0 spiro atoms. The van der Waals surface area contributed by atoms with Crippen molar-refractivity contribution in [3.8, 4) is 11.5 Å². The monoisotopic (exact) mass is 336 g/mol. The van der Waals surface area contributed by atoms with Crippen LogP contribution < -0.4 is 14.8 Å². The summed E-state index contributed by atoms with van der Waals surface area (Å²) in [4.78, 5) is 15.9. The van der Waals surface area contributed by atoms with Crippen LogP contribution in [0.15, 0.2) is 22.7 Å². The van der Waals surface area contributed by atoms with Gasteiger partial charge in [0, 0.05) is 12.2 Å². The average molecular weight is 337 g/mol. The number of amides is 1. The Kier molecular flexibility index (Phi) is 4.83. The first-order valence-corrected chi connectivity index (χ1v) is 7.87. The summed E-state index contributed by atoms with van der Waals surface area (Å²) in [6.45, 7) is 0.903. The van der Waals surface area contributed by atoms with E-state index in [1.165, 1.54) is 0 Å². The largest absolute Gasteiger partial charge is 0.492 e. The highest BCUT2D eigenvalue weighted by Gasteiger charge is 2.29. The standard InChI is InChI=1S/C16H17ClN2O4/c17-13-12(22-7-3-1-2-6-20)5-4-10-8-11-15(21)18-9-19-16(11)23-14(10)13/h4-5,8,20H,1-3,6-7,9H2,(H,18,21). The topological polar surface area (TPSA) is 80.2 Å². The molecule has 2 aliphatic rings. The van der Waals surface area contributed by atoms with Gasteiger partial charge in [0.25, 0.3) is 5.91 Å². The average Bonchev–Trinajstić information content (AvgIpc) is 2.56. The van der Waals surface area contributed by atoms with Crippen LogP contribution in [0.1, 0.15) is 24.8 Å². The fourth-order valence-corrected chi connectivity index (χ4v) is 2.65. The number of benzene rings is 1. The maximum absolute atomic E-state index is 11.8. The molecular weight excluding hydrogens is 320 g/mol. The molecule has 0 saturated carbocycles. The second-order valence-corrected chi connectivity index (χ2v) is 5.59. The summed E-state index contributed by atoms with van der Waals surface area (Å²) in [6.07, 6.45) is 4.21. The number of aliphatic hydroxyl groups excluding tert-OH is 1. The Morgan fingerprint density at radius 1 is 1.35 bits per heavy atom. The molecule has 2 heterocycles. The summed E-state index contributed by atoms with van der Waals surface area (Å²) in [5.41, 5.74) is 1.12. The highest BCUT2D eigenvalue weighted by Crippen LogP contribution is 2.41. The first-order valence-electron chi connectivity index (χ1n) is 7.49. The van der Waals surface area contributed by atoms with Gasteiger partial charge in [-0.15, -0.1) is 0 Å². The molecule has 2 N–H and O–H groups in total. The van der Waals surface area contributed by atoms with Crippen molar-refractivity contribution in [2.24, 2.45) is 4.99 Å². The second kappa shape index (κ2) is 7.02. The second-order valence-electron chi connectivity index (χ2n) is 5.22. The third-order valence-corrected chi connectivity index (χ3v) is 3.95. The molecule has 0 atom stereocenters. The van der Waals surface area contributed by atoms with Crippen LogP contribution in [0.2, 0.25) is 5.02 Å². The highest BCUT2D eigenvalue weighted by atomic mass is 35.5. The Bertz CT molecular complexity index is 685. The van der Waals surface area contributed by atoms with Gasteiger partial charge in [0.1, 0.15) is 23.0 Å². The Hall–Kier alpha value is -2.05. The number of ether oxygens (including phenoxy) is 2. The number of fused-ring (bicyclic) bond motifs is 2. The van der Waals surface area contributed by atoms with Crippen molar-refractivity contribution in [1.82, 2.24) is 5.32 Å². The fourth-order valence-electron chi connectivity index (χ4n) is 2.38. The van der Waals surface area contributed by atoms with Crippen LogP contribution in [0.5, 0.6) is 11.5 Å². The number of carbonyl (C=O) groups excluding carboxylic acids is 1. The molecule has 0 radical (unpaired) electrons. The molecule has 1 aromatic carbocycles. The lowest BCUT2D eigenvalue weighted by Crippen LogP contribution is -2.37. The van der Waals surface area contributed by atoms with E-state index in [0.29, 0.717) is 34.3 Å². The third-order valence-electron chi connectivity index (χ3n) is 3.59. The number of nitrogens with one attached hydrogen (secondary N) is 1. The summed E-state index contributed by atoms with van der Waals surface area (Å²) in [7, 11) is 0. The number of carbonyl (C=O) groups is 1. The van der Waals surface area contributed by atoms with E-state index in [4.69, 9.17) is 26.2 Å². The van der Waals surface area contributed by atoms with E-state index in [-0.39, 0.29) is 25.1 Å². The summed E-state index contributed by atoms with van der Waals surface area (Å²) < 4.78 is 11.4. The van der Waals surface area contributed by atoms with Crippen molar-refractivity contribution >= 4 is 29.5 Å². The zero-order valence-electron chi connectivity index (χ0n) is 12.5. The summed E-state index contributed by atoms with van der Waals surface area (Å²) in [5, 5.41) is 11.8. The first kappa shape index (κ1) is 15.8. The zero-order chi connectivity index (χ0) is 16.2. The molecule has 0 aliphatic carbocycles. The Balaban J connectivity index is 1.77. The summed E-state index contributed by atoms with van der Waals surface area (Å²) in [5.74, 6) is 1.06. The van der Waals surface area contributed by atoms with Crippen molar-refractivity contribution in [2.45, 2.75) is 19.3 Å². The van der Waals surface area contributed by atoms with Crippen molar-refractivity contribution in [3.63, 3.8) is 0 Å². The number of nitrogens with zero attached hydrogens (tertiary/aromatic N) is 1. The maximum atomic E-state index is 11.8. The summed E-state index contributed by atoms with van der Waals surface area (Å²) >= 11 is 6.36.